The van der Waals surface area contributed by atoms with Gasteiger partial charge in [0.1, 0.15) is 68.7 Å². The highest BCUT2D eigenvalue weighted by molar-refractivity contribution is 5.83. The molecule has 1 amide bonds. The lowest BCUT2D eigenvalue weighted by molar-refractivity contribution is -0.313. The number of amides is 1. The second-order valence-electron chi connectivity index (χ2n) is 18.7. The van der Waals surface area contributed by atoms with E-state index in [-0.39, 0.29) is 58.1 Å². The van der Waals surface area contributed by atoms with Crippen LogP contribution >= 0.6 is 0 Å². The smallest absolute Gasteiger partial charge is 0.311 e. The molecule has 3 aliphatic heterocycles. The Bertz CT molecular complexity index is 1510. The average Bonchev–Trinajstić information content (AvgIpc) is 3.68. The Kier molecular flexibility index (Phi) is 22.3. The molecule has 15 atom stereocenters. The Morgan fingerprint density at radius 1 is 0.846 bits per heavy atom. The normalized spacial score (nSPS) is 30.8. The van der Waals surface area contributed by atoms with Crippen molar-refractivity contribution in [1.82, 2.24) is 4.90 Å². The largest absolute Gasteiger partial charge is 0.463 e. The maximum Gasteiger partial charge on any atom is 0.311 e. The number of aliphatic hydroxyl groups excluding tert-OH is 6. The van der Waals surface area contributed by atoms with Gasteiger partial charge in [-0.05, 0) is 67.2 Å². The van der Waals surface area contributed by atoms with Gasteiger partial charge in [0.25, 0.3) is 0 Å². The number of carbonyl (C=O) groups is 4. The molecular weight excluding hydrogens is 862 g/mol. The van der Waals surface area contributed by atoms with Crippen molar-refractivity contribution < 1.29 is 92.4 Å². The van der Waals surface area contributed by atoms with Crippen LogP contribution in [0.1, 0.15) is 80.6 Å². The number of nitrogens with two attached hydrogens (primary N) is 2. The van der Waals surface area contributed by atoms with E-state index in [1.165, 1.54) is 14.0 Å². The highest BCUT2D eigenvalue weighted by atomic mass is 16.7. The van der Waals surface area contributed by atoms with Crippen molar-refractivity contribution in [1.29, 1.82) is 0 Å². The van der Waals surface area contributed by atoms with Gasteiger partial charge >= 0.3 is 17.9 Å². The Balaban J connectivity index is 1.54. The molecule has 0 bridgehead atoms. The average molecular weight is 940 g/mol. The first-order valence-electron chi connectivity index (χ1n) is 22.4. The van der Waals surface area contributed by atoms with Gasteiger partial charge in [-0.25, -0.2) is 0 Å². The molecule has 3 fully saturated rings. The topological polar surface area (TPSA) is 328 Å². The fraction of sp³-hybridized carbons (Fsp3) is 0.907. The number of carbonyl (C=O) groups excluding carboxylic acids is 4. The van der Waals surface area contributed by atoms with Gasteiger partial charge in [-0.15, -0.1) is 0 Å². The molecule has 0 aromatic heterocycles. The van der Waals surface area contributed by atoms with Crippen LogP contribution in [0, 0.1) is 16.2 Å². The van der Waals surface area contributed by atoms with Gasteiger partial charge in [-0.3, -0.25) is 19.2 Å². The van der Waals surface area contributed by atoms with Crippen LogP contribution in [-0.2, 0) is 61.8 Å². The van der Waals surface area contributed by atoms with Crippen molar-refractivity contribution in [3.8, 4) is 0 Å². The molecule has 378 valence electrons. The molecular formula is C43H77N3O19. The lowest BCUT2D eigenvalue weighted by Gasteiger charge is -2.47. The van der Waals surface area contributed by atoms with Gasteiger partial charge in [-0.1, -0.05) is 6.92 Å². The van der Waals surface area contributed by atoms with Crippen LogP contribution in [0.5, 0.6) is 0 Å². The number of nitrogens with zero attached hydrogens (tertiary/aromatic N) is 1. The van der Waals surface area contributed by atoms with E-state index >= 15 is 0 Å². The van der Waals surface area contributed by atoms with Crippen LogP contribution in [0.2, 0.25) is 0 Å². The van der Waals surface area contributed by atoms with E-state index in [9.17, 15) is 49.8 Å². The minimum atomic E-state index is -1.52. The Morgan fingerprint density at radius 2 is 1.48 bits per heavy atom. The second-order valence-corrected chi connectivity index (χ2v) is 18.7. The van der Waals surface area contributed by atoms with E-state index in [4.69, 9.17) is 54.1 Å². The molecule has 15 unspecified atom stereocenters. The van der Waals surface area contributed by atoms with E-state index in [0.29, 0.717) is 13.0 Å². The van der Waals surface area contributed by atoms with Crippen LogP contribution in [0.25, 0.3) is 0 Å². The Labute approximate surface area is 381 Å². The highest BCUT2D eigenvalue weighted by Gasteiger charge is 2.51. The zero-order valence-corrected chi connectivity index (χ0v) is 39.2. The molecule has 0 aliphatic carbocycles. The summed E-state index contributed by atoms with van der Waals surface area (Å²) in [5.74, 6) is -2.20. The van der Waals surface area contributed by atoms with E-state index < -0.39 is 140 Å². The molecule has 3 saturated heterocycles. The van der Waals surface area contributed by atoms with Crippen molar-refractivity contribution in [2.24, 2.45) is 27.7 Å². The quantitative estimate of drug-likeness (QED) is 0.0323. The standard InChI is InChI=1S/C43H77N3O19/c1-9-42(6,39(55)59-14-13-46-12-10-11-30(46)51)23-43(7,40(56)62-18-26(49)15-47)22-41(4,5)38(54)61-20-27(50)19-60-24(2)17-58-21-29-35(57-8)34(53)32(45)37(64-29)65-36-28(16-48)63-25(3)31(44)33(36)52/h24-29,31-37,47-50,52-53H,9-23,44-45H2,1-8H3. The fourth-order valence-corrected chi connectivity index (χ4v) is 8.43. The first-order valence-corrected chi connectivity index (χ1v) is 22.4. The molecule has 3 heterocycles. The SMILES string of the molecule is CCC(C)(CC(C)(CC(C)(C)C(=O)OCC(O)COC(C)COCC1OC(OC2C(CO)OC(C)C(N)C2O)C(N)C(O)C1OC)C(=O)OCC(O)CO)C(=O)OCCN1CCCC1=O. The molecule has 22 nitrogen and oxygen atoms in total. The van der Waals surface area contributed by atoms with Crippen molar-refractivity contribution >= 4 is 23.8 Å². The lowest BCUT2D eigenvalue weighted by Crippen LogP contribution is -2.67. The minimum Gasteiger partial charge on any atom is -0.463 e. The summed E-state index contributed by atoms with van der Waals surface area (Å²) in [5, 5.41) is 61.5. The van der Waals surface area contributed by atoms with E-state index in [0.717, 1.165) is 6.42 Å². The van der Waals surface area contributed by atoms with Gasteiger partial charge in [0.2, 0.25) is 5.91 Å². The van der Waals surface area contributed by atoms with Gasteiger partial charge in [-0.2, -0.15) is 0 Å². The van der Waals surface area contributed by atoms with Crippen LogP contribution in [-0.4, -0.2) is 212 Å². The molecule has 3 aliphatic rings. The molecule has 10 N–H and O–H groups in total. The number of hydrogen-bond acceptors (Lipinski definition) is 21. The molecule has 65 heavy (non-hydrogen) atoms. The third-order valence-corrected chi connectivity index (χ3v) is 12.4. The maximum atomic E-state index is 13.7. The van der Waals surface area contributed by atoms with Crippen molar-refractivity contribution in [3.63, 3.8) is 0 Å². The van der Waals surface area contributed by atoms with E-state index in [2.05, 4.69) is 0 Å². The van der Waals surface area contributed by atoms with Crippen molar-refractivity contribution in [2.45, 2.75) is 160 Å². The zero-order chi connectivity index (χ0) is 48.9. The minimum absolute atomic E-state index is 0.00955. The van der Waals surface area contributed by atoms with E-state index in [1.807, 2.05) is 0 Å². The predicted molar refractivity (Wildman–Crippen MR) is 227 cm³/mol. The Hall–Kier alpha value is -2.68. The van der Waals surface area contributed by atoms with Crippen LogP contribution in [0.3, 0.4) is 0 Å². The molecule has 0 spiro atoms. The number of hydrogen-bond donors (Lipinski definition) is 8. The summed E-state index contributed by atoms with van der Waals surface area (Å²) in [5.41, 5.74) is 8.17. The molecule has 0 aromatic rings. The van der Waals surface area contributed by atoms with Crippen molar-refractivity contribution in [2.75, 3.05) is 73.1 Å². The number of rotatable bonds is 27. The van der Waals surface area contributed by atoms with E-state index in [1.54, 1.807) is 46.4 Å². The first kappa shape index (κ1) is 56.6. The van der Waals surface area contributed by atoms with Crippen LogP contribution in [0.4, 0.5) is 0 Å². The molecule has 22 heteroatoms. The lowest BCUT2D eigenvalue weighted by atomic mass is 9.65. The summed E-state index contributed by atoms with van der Waals surface area (Å²) in [7, 11) is 1.37. The Morgan fingerprint density at radius 3 is 2.08 bits per heavy atom. The molecule has 0 saturated carbocycles. The maximum absolute atomic E-state index is 13.7. The molecule has 0 radical (unpaired) electrons. The second kappa shape index (κ2) is 25.6. The summed E-state index contributed by atoms with van der Waals surface area (Å²) in [6.07, 6.45) is -10.3. The first-order chi connectivity index (χ1) is 30.5. The monoisotopic (exact) mass is 940 g/mol. The third kappa shape index (κ3) is 15.7. The van der Waals surface area contributed by atoms with Gasteiger partial charge in [0.05, 0.1) is 80.1 Å². The predicted octanol–water partition coefficient (Wildman–Crippen LogP) is -2.12. The fourth-order valence-electron chi connectivity index (χ4n) is 8.43. The van der Waals surface area contributed by atoms with Crippen molar-refractivity contribution in [3.05, 3.63) is 0 Å². The summed E-state index contributed by atoms with van der Waals surface area (Å²) < 4.78 is 51.1. The number of ether oxygens (including phenoxy) is 9. The third-order valence-electron chi connectivity index (χ3n) is 12.4. The number of methoxy groups -OCH3 is 1. The molecule has 0 aromatic carbocycles. The van der Waals surface area contributed by atoms with Gasteiger partial charge in [0.15, 0.2) is 6.29 Å². The molecule has 3 rings (SSSR count). The number of esters is 3. The summed E-state index contributed by atoms with van der Waals surface area (Å²) in [6, 6.07) is -1.94. The number of likely N-dealkylation sites (tertiary alicyclic amines) is 1. The van der Waals surface area contributed by atoms with Gasteiger partial charge < -0.3 is 89.6 Å². The van der Waals surface area contributed by atoms with Crippen LogP contribution < -0.4 is 11.5 Å². The summed E-state index contributed by atoms with van der Waals surface area (Å²) in [4.78, 5) is 54.4. The highest BCUT2D eigenvalue weighted by Crippen LogP contribution is 2.46. The van der Waals surface area contributed by atoms with Gasteiger partial charge in [0, 0.05) is 20.1 Å². The zero-order valence-electron chi connectivity index (χ0n) is 39.2. The van der Waals surface area contributed by atoms with Crippen LogP contribution in [0.15, 0.2) is 0 Å². The number of aliphatic hydroxyl groups is 6. The summed E-state index contributed by atoms with van der Waals surface area (Å²) >= 11 is 0. The summed E-state index contributed by atoms with van der Waals surface area (Å²) in [6.45, 7) is 9.60.